The van der Waals surface area contributed by atoms with Gasteiger partial charge < -0.3 is 4.74 Å². The first kappa shape index (κ1) is 15.1. The van der Waals surface area contributed by atoms with E-state index in [1.807, 2.05) is 0 Å². The van der Waals surface area contributed by atoms with E-state index in [0.717, 1.165) is 0 Å². The molecule has 16 heavy (non-hydrogen) atoms. The minimum absolute atomic E-state index is 0.0422. The number of hydrogen-bond acceptors (Lipinski definition) is 4. The van der Waals surface area contributed by atoms with Gasteiger partial charge in [0, 0.05) is 6.42 Å². The summed E-state index contributed by atoms with van der Waals surface area (Å²) in [6.45, 7) is 5.07. The number of ether oxygens (including phenoxy) is 1. The van der Waals surface area contributed by atoms with Crippen molar-refractivity contribution in [1.82, 2.24) is 0 Å². The van der Waals surface area contributed by atoms with Crippen molar-refractivity contribution in [2.45, 2.75) is 37.4 Å². The van der Waals surface area contributed by atoms with Crippen LogP contribution in [0.15, 0.2) is 12.7 Å². The fourth-order valence-corrected chi connectivity index (χ4v) is 2.07. The van der Waals surface area contributed by atoms with Crippen LogP contribution in [0.2, 0.25) is 0 Å². The van der Waals surface area contributed by atoms with E-state index in [4.69, 9.17) is 5.14 Å². The minimum atomic E-state index is -3.70. The van der Waals surface area contributed by atoms with Crippen molar-refractivity contribution in [3.05, 3.63) is 12.7 Å². The molecule has 0 aliphatic rings. The third kappa shape index (κ3) is 4.32. The molecule has 0 amide bonds. The Hall–Kier alpha value is -0.880. The van der Waals surface area contributed by atoms with Gasteiger partial charge >= 0.3 is 5.97 Å². The standard InChI is InChI=1S/C10H19NO4S/c1-4-5-7-10(2,16(11,13)14)8-6-9(12)15-3/h4H,1,5-8H2,2-3H3,(H2,11,13,14). The van der Waals surface area contributed by atoms with Crippen molar-refractivity contribution in [1.29, 1.82) is 0 Å². The third-order valence-electron chi connectivity index (χ3n) is 2.65. The maximum atomic E-state index is 11.5. The van der Waals surface area contributed by atoms with Gasteiger partial charge in [-0.3, -0.25) is 4.79 Å². The normalized spacial score (nSPS) is 15.2. The van der Waals surface area contributed by atoms with E-state index < -0.39 is 20.7 Å². The highest BCUT2D eigenvalue weighted by Crippen LogP contribution is 2.27. The van der Waals surface area contributed by atoms with Crippen molar-refractivity contribution in [3.8, 4) is 0 Å². The number of allylic oxidation sites excluding steroid dienone is 1. The zero-order valence-electron chi connectivity index (χ0n) is 9.73. The number of primary sulfonamides is 1. The minimum Gasteiger partial charge on any atom is -0.469 e. The summed E-state index contributed by atoms with van der Waals surface area (Å²) >= 11 is 0. The van der Waals surface area contributed by atoms with E-state index in [1.165, 1.54) is 14.0 Å². The number of esters is 1. The summed E-state index contributed by atoms with van der Waals surface area (Å²) in [6.07, 6.45) is 2.72. The first-order valence-corrected chi connectivity index (χ1v) is 6.51. The Morgan fingerprint density at radius 1 is 1.50 bits per heavy atom. The molecule has 0 spiro atoms. The smallest absolute Gasteiger partial charge is 0.305 e. The van der Waals surface area contributed by atoms with E-state index >= 15 is 0 Å². The summed E-state index contributed by atoms with van der Waals surface area (Å²) in [7, 11) is -2.43. The Kier molecular flexibility index (Phi) is 5.67. The van der Waals surface area contributed by atoms with Crippen molar-refractivity contribution in [3.63, 3.8) is 0 Å². The molecule has 0 heterocycles. The van der Waals surface area contributed by atoms with Gasteiger partial charge in [0.05, 0.1) is 11.9 Å². The Labute approximate surface area is 96.7 Å². The molecule has 1 unspecified atom stereocenters. The average molecular weight is 249 g/mol. The number of nitrogens with two attached hydrogens (primary N) is 1. The molecule has 2 N–H and O–H groups in total. The van der Waals surface area contributed by atoms with Crippen LogP contribution in [0.4, 0.5) is 0 Å². The van der Waals surface area contributed by atoms with Gasteiger partial charge in [0.1, 0.15) is 0 Å². The summed E-state index contributed by atoms with van der Waals surface area (Å²) in [5.74, 6) is -0.437. The lowest BCUT2D eigenvalue weighted by Crippen LogP contribution is -2.41. The van der Waals surface area contributed by atoms with Crippen LogP contribution >= 0.6 is 0 Å². The summed E-state index contributed by atoms with van der Waals surface area (Å²) in [5.41, 5.74) is 0. The topological polar surface area (TPSA) is 86.5 Å². The summed E-state index contributed by atoms with van der Waals surface area (Å²) in [5, 5.41) is 5.17. The number of carbonyl (C=O) groups excluding carboxylic acids is 1. The fourth-order valence-electron chi connectivity index (χ4n) is 1.29. The second-order valence-corrected chi connectivity index (χ2v) is 5.97. The van der Waals surface area contributed by atoms with Crippen molar-refractivity contribution >= 4 is 16.0 Å². The van der Waals surface area contributed by atoms with Gasteiger partial charge in [-0.25, -0.2) is 13.6 Å². The molecule has 1 atom stereocenters. The van der Waals surface area contributed by atoms with E-state index in [-0.39, 0.29) is 12.8 Å². The van der Waals surface area contributed by atoms with Gasteiger partial charge in [-0.05, 0) is 26.2 Å². The first-order chi connectivity index (χ1) is 7.27. The quantitative estimate of drug-likeness (QED) is 0.537. The van der Waals surface area contributed by atoms with Gasteiger partial charge in [-0.2, -0.15) is 0 Å². The Balaban J connectivity index is 4.68. The Bertz CT molecular complexity index is 350. The van der Waals surface area contributed by atoms with Crippen LogP contribution < -0.4 is 5.14 Å². The number of carbonyl (C=O) groups is 1. The number of sulfonamides is 1. The molecule has 0 rings (SSSR count). The molecule has 0 aromatic carbocycles. The zero-order chi connectivity index (χ0) is 12.8. The molecule has 0 bridgehead atoms. The van der Waals surface area contributed by atoms with Crippen LogP contribution in [-0.2, 0) is 19.6 Å². The van der Waals surface area contributed by atoms with Gasteiger partial charge in [0.15, 0.2) is 0 Å². The highest BCUT2D eigenvalue weighted by Gasteiger charge is 2.36. The lowest BCUT2D eigenvalue weighted by Gasteiger charge is -2.26. The van der Waals surface area contributed by atoms with Crippen molar-refractivity contribution in [2.75, 3.05) is 7.11 Å². The van der Waals surface area contributed by atoms with Crippen molar-refractivity contribution in [2.24, 2.45) is 5.14 Å². The van der Waals surface area contributed by atoms with Gasteiger partial charge in [0.25, 0.3) is 0 Å². The van der Waals surface area contributed by atoms with Gasteiger partial charge in [0.2, 0.25) is 10.0 Å². The predicted octanol–water partition coefficient (Wildman–Crippen LogP) is 0.953. The largest absolute Gasteiger partial charge is 0.469 e. The number of hydrogen-bond donors (Lipinski definition) is 1. The monoisotopic (exact) mass is 249 g/mol. The molecular weight excluding hydrogens is 230 g/mol. The van der Waals surface area contributed by atoms with E-state index in [9.17, 15) is 13.2 Å². The van der Waals surface area contributed by atoms with Gasteiger partial charge in [-0.15, -0.1) is 6.58 Å². The van der Waals surface area contributed by atoms with E-state index in [1.54, 1.807) is 6.08 Å². The van der Waals surface area contributed by atoms with Crippen LogP contribution in [-0.4, -0.2) is 26.2 Å². The molecule has 0 aromatic rings. The third-order valence-corrected chi connectivity index (χ3v) is 4.43. The highest BCUT2D eigenvalue weighted by molar-refractivity contribution is 7.90. The molecule has 6 heteroatoms. The second kappa shape index (κ2) is 6.00. The molecule has 0 aromatic heterocycles. The lowest BCUT2D eigenvalue weighted by atomic mass is 9.98. The maximum absolute atomic E-state index is 11.5. The van der Waals surface area contributed by atoms with Crippen molar-refractivity contribution < 1.29 is 17.9 Å². The number of methoxy groups -OCH3 is 1. The summed E-state index contributed by atoms with van der Waals surface area (Å²) in [6, 6.07) is 0. The average Bonchev–Trinajstić information content (AvgIpc) is 2.21. The SMILES string of the molecule is C=CCCC(C)(CCC(=O)OC)S(N)(=O)=O. The molecule has 0 saturated heterocycles. The maximum Gasteiger partial charge on any atom is 0.305 e. The first-order valence-electron chi connectivity index (χ1n) is 4.97. The molecule has 0 radical (unpaired) electrons. The van der Waals surface area contributed by atoms with E-state index in [0.29, 0.717) is 12.8 Å². The van der Waals surface area contributed by atoms with Crippen LogP contribution in [0.5, 0.6) is 0 Å². The molecular formula is C10H19NO4S. The summed E-state index contributed by atoms with van der Waals surface area (Å²) in [4.78, 5) is 11.0. The number of rotatable bonds is 7. The summed E-state index contributed by atoms with van der Waals surface area (Å²) < 4.78 is 26.3. The van der Waals surface area contributed by atoms with Crippen LogP contribution in [0.25, 0.3) is 0 Å². The highest BCUT2D eigenvalue weighted by atomic mass is 32.2. The molecule has 0 aliphatic heterocycles. The fraction of sp³-hybridized carbons (Fsp3) is 0.700. The Morgan fingerprint density at radius 3 is 2.44 bits per heavy atom. The Morgan fingerprint density at radius 2 is 2.06 bits per heavy atom. The van der Waals surface area contributed by atoms with Crippen LogP contribution in [0.3, 0.4) is 0 Å². The molecule has 5 nitrogen and oxygen atoms in total. The second-order valence-electron chi connectivity index (χ2n) is 3.90. The predicted molar refractivity (Wildman–Crippen MR) is 62.2 cm³/mol. The van der Waals surface area contributed by atoms with Crippen LogP contribution in [0, 0.1) is 0 Å². The molecule has 0 fully saturated rings. The lowest BCUT2D eigenvalue weighted by molar-refractivity contribution is -0.140. The zero-order valence-corrected chi connectivity index (χ0v) is 10.5. The molecule has 0 saturated carbocycles. The molecule has 94 valence electrons. The molecule has 0 aliphatic carbocycles. The van der Waals surface area contributed by atoms with Gasteiger partial charge in [-0.1, -0.05) is 6.08 Å². The van der Waals surface area contributed by atoms with E-state index in [2.05, 4.69) is 11.3 Å². The van der Waals surface area contributed by atoms with Crippen LogP contribution in [0.1, 0.15) is 32.6 Å².